The lowest BCUT2D eigenvalue weighted by Crippen LogP contribution is -2.57. The molecule has 0 radical (unpaired) electrons. The van der Waals surface area contributed by atoms with Gasteiger partial charge in [0.1, 0.15) is 0 Å². The van der Waals surface area contributed by atoms with Crippen LogP contribution in [0.3, 0.4) is 0 Å². The van der Waals surface area contributed by atoms with Crippen LogP contribution in [0.5, 0.6) is 0 Å². The number of fused-ring (bicyclic) bond motifs is 3. The summed E-state index contributed by atoms with van der Waals surface area (Å²) < 4.78 is 13.3. The normalized spacial score (nSPS) is 64.9. The topological polar surface area (TPSA) is 18.5 Å². The Labute approximate surface area is 150 Å². The molecule has 3 heteroatoms. The van der Waals surface area contributed by atoms with Gasteiger partial charge in [0.05, 0.1) is 0 Å². The molecule has 0 N–H and O–H groups in total. The third-order valence-electron chi connectivity index (χ3n) is 10.2. The molecule has 130 valence electrons. The lowest BCUT2D eigenvalue weighted by atomic mass is 9.67. The summed E-state index contributed by atoms with van der Waals surface area (Å²) in [7, 11) is 0. The van der Waals surface area contributed by atoms with E-state index in [2.05, 4.69) is 0 Å². The second-order valence-corrected chi connectivity index (χ2v) is 10.7. The second kappa shape index (κ2) is 4.15. The van der Waals surface area contributed by atoms with Crippen LogP contribution in [-0.4, -0.2) is 16.4 Å². The molecule has 2 spiro atoms. The first kappa shape index (κ1) is 13.8. The summed E-state index contributed by atoms with van der Waals surface area (Å²) in [6, 6.07) is 0. The van der Waals surface area contributed by atoms with E-state index in [0.29, 0.717) is 5.24 Å². The highest BCUT2D eigenvalue weighted by Gasteiger charge is 2.79. The summed E-state index contributed by atoms with van der Waals surface area (Å²) in [6.45, 7) is 0. The molecule has 24 heavy (non-hydrogen) atoms. The number of rotatable bonds is 0. The van der Waals surface area contributed by atoms with Gasteiger partial charge < -0.3 is 9.47 Å². The summed E-state index contributed by atoms with van der Waals surface area (Å²) in [5.41, 5.74) is -0.0586. The fourth-order valence-electron chi connectivity index (χ4n) is 9.90. The average Bonchev–Trinajstić information content (AvgIpc) is 3.32. The van der Waals surface area contributed by atoms with E-state index in [1.165, 1.54) is 64.2 Å². The molecule has 1 saturated heterocycles. The molecular weight excluding hydrogens is 316 g/mol. The lowest BCUT2D eigenvalue weighted by Gasteiger charge is -2.44. The summed E-state index contributed by atoms with van der Waals surface area (Å²) in [5, 5.41) is 0.516. The zero-order chi connectivity index (χ0) is 15.7. The van der Waals surface area contributed by atoms with Gasteiger partial charge in [0.15, 0.2) is 11.2 Å². The highest BCUT2D eigenvalue weighted by molar-refractivity contribution is 7.79. The van der Waals surface area contributed by atoms with Crippen LogP contribution < -0.4 is 0 Å². The van der Waals surface area contributed by atoms with Crippen molar-refractivity contribution < 1.29 is 9.47 Å². The molecule has 7 aliphatic rings. The predicted molar refractivity (Wildman–Crippen MR) is 94.3 cm³/mol. The van der Waals surface area contributed by atoms with Crippen LogP contribution >= 0.6 is 12.2 Å². The number of hydrogen-bond acceptors (Lipinski definition) is 3. The SMILES string of the molecule is S=C1O[C@]2(C[C@@H]3CC[C@@H]4CC[C@@H]2[C@H]43)[C@@]2(C[C@@H]3CC[C@@H]4CC[C@@H]2[C@H]43)O1. The van der Waals surface area contributed by atoms with Gasteiger partial charge in [-0.3, -0.25) is 0 Å². The summed E-state index contributed by atoms with van der Waals surface area (Å²) in [5.74, 6) is 7.15. The molecule has 6 aliphatic carbocycles. The minimum atomic E-state index is -0.0293. The van der Waals surface area contributed by atoms with Crippen molar-refractivity contribution >= 4 is 17.5 Å². The van der Waals surface area contributed by atoms with E-state index >= 15 is 0 Å². The van der Waals surface area contributed by atoms with E-state index in [1.807, 2.05) is 0 Å². The highest BCUT2D eigenvalue weighted by atomic mass is 32.1. The molecule has 6 saturated carbocycles. The van der Waals surface area contributed by atoms with Gasteiger partial charge >= 0.3 is 5.24 Å². The van der Waals surface area contributed by atoms with E-state index in [1.54, 1.807) is 0 Å². The van der Waals surface area contributed by atoms with E-state index < -0.39 is 0 Å². The Balaban J connectivity index is 1.38. The van der Waals surface area contributed by atoms with E-state index in [9.17, 15) is 0 Å². The zero-order valence-electron chi connectivity index (χ0n) is 14.4. The van der Waals surface area contributed by atoms with Gasteiger partial charge in [0.25, 0.3) is 0 Å². The number of ether oxygens (including phenoxy) is 2. The van der Waals surface area contributed by atoms with Crippen molar-refractivity contribution in [2.75, 3.05) is 0 Å². The number of hydrogen-bond donors (Lipinski definition) is 0. The van der Waals surface area contributed by atoms with Crippen LogP contribution in [0.4, 0.5) is 0 Å². The second-order valence-electron chi connectivity index (χ2n) is 10.4. The average molecular weight is 345 g/mol. The van der Waals surface area contributed by atoms with Crippen molar-refractivity contribution in [2.45, 2.75) is 75.4 Å². The van der Waals surface area contributed by atoms with E-state index in [4.69, 9.17) is 21.7 Å². The maximum Gasteiger partial charge on any atom is 0.353 e. The predicted octanol–water partition coefficient (Wildman–Crippen LogP) is 4.71. The molecule has 0 aromatic heterocycles. The first-order chi connectivity index (χ1) is 11.7. The third-order valence-corrected chi connectivity index (χ3v) is 10.4. The van der Waals surface area contributed by atoms with Crippen molar-refractivity contribution in [2.24, 2.45) is 47.3 Å². The summed E-state index contributed by atoms with van der Waals surface area (Å²) >= 11 is 5.59. The van der Waals surface area contributed by atoms with E-state index in [-0.39, 0.29) is 11.2 Å². The lowest BCUT2D eigenvalue weighted by molar-refractivity contribution is -0.106. The standard InChI is InChI=1S/C21H28O2S/c24-19-22-20(9-13-3-1-11-5-7-15(20)17(11)13)21(23-19)10-14-4-2-12-6-8-16(21)18(12)14/h11-18H,1-10H2/t11-,12-,13+,14+,15-,16-,17-,18-,20+,21+/m1/s1. The first-order valence-electron chi connectivity index (χ1n) is 10.6. The van der Waals surface area contributed by atoms with Gasteiger partial charge in [-0.25, -0.2) is 0 Å². The molecule has 0 bridgehead atoms. The highest BCUT2D eigenvalue weighted by Crippen LogP contribution is 2.74. The van der Waals surface area contributed by atoms with Crippen LogP contribution in [0.15, 0.2) is 0 Å². The fourth-order valence-corrected chi connectivity index (χ4v) is 10.2. The van der Waals surface area contributed by atoms with Crippen LogP contribution in [0, 0.1) is 47.3 Å². The van der Waals surface area contributed by atoms with Crippen molar-refractivity contribution in [3.8, 4) is 0 Å². The van der Waals surface area contributed by atoms with Crippen molar-refractivity contribution in [3.63, 3.8) is 0 Å². The summed E-state index contributed by atoms with van der Waals surface area (Å²) in [4.78, 5) is 0. The molecule has 0 unspecified atom stereocenters. The Bertz CT molecular complexity index is 581. The Kier molecular flexibility index (Phi) is 2.40. The van der Waals surface area contributed by atoms with Crippen LogP contribution in [0.2, 0.25) is 0 Å². The van der Waals surface area contributed by atoms with Gasteiger partial charge in [0.2, 0.25) is 0 Å². The molecule has 2 nitrogen and oxygen atoms in total. The van der Waals surface area contributed by atoms with Gasteiger partial charge in [0, 0.05) is 24.1 Å². The number of thiocarbonyl (C=S) groups is 1. The largest absolute Gasteiger partial charge is 0.446 e. The molecule has 7 fully saturated rings. The Morgan fingerprint density at radius 2 is 1.04 bits per heavy atom. The van der Waals surface area contributed by atoms with Gasteiger partial charge in [-0.05, 0) is 99.7 Å². The van der Waals surface area contributed by atoms with Crippen molar-refractivity contribution in [1.82, 2.24) is 0 Å². The molecule has 1 aliphatic heterocycles. The summed E-state index contributed by atoms with van der Waals surface area (Å²) in [6.07, 6.45) is 14.0. The smallest absolute Gasteiger partial charge is 0.353 e. The molecule has 0 aromatic rings. The Morgan fingerprint density at radius 1 is 0.625 bits per heavy atom. The quantitative estimate of drug-likeness (QED) is 0.593. The van der Waals surface area contributed by atoms with Crippen molar-refractivity contribution in [3.05, 3.63) is 0 Å². The molecule has 1 heterocycles. The molecule has 0 amide bonds. The van der Waals surface area contributed by atoms with Gasteiger partial charge in [-0.15, -0.1) is 0 Å². The van der Waals surface area contributed by atoms with E-state index in [0.717, 1.165) is 47.3 Å². The molecule has 0 aromatic carbocycles. The maximum atomic E-state index is 6.64. The van der Waals surface area contributed by atoms with Gasteiger partial charge in [-0.2, -0.15) is 0 Å². The van der Waals surface area contributed by atoms with Crippen LogP contribution in [0.1, 0.15) is 64.2 Å². The van der Waals surface area contributed by atoms with Gasteiger partial charge in [-0.1, -0.05) is 0 Å². The fraction of sp³-hybridized carbons (Fsp3) is 0.952. The first-order valence-corrected chi connectivity index (χ1v) is 11.0. The maximum absolute atomic E-state index is 6.64. The monoisotopic (exact) mass is 344 g/mol. The minimum absolute atomic E-state index is 0.0293. The molecule has 7 rings (SSSR count). The molecule has 10 atom stereocenters. The van der Waals surface area contributed by atoms with Crippen LogP contribution in [-0.2, 0) is 9.47 Å². The van der Waals surface area contributed by atoms with Crippen LogP contribution in [0.25, 0.3) is 0 Å². The Hall–Kier alpha value is -0.310. The minimum Gasteiger partial charge on any atom is -0.446 e. The zero-order valence-corrected chi connectivity index (χ0v) is 15.2. The van der Waals surface area contributed by atoms with Crippen molar-refractivity contribution in [1.29, 1.82) is 0 Å². The third kappa shape index (κ3) is 1.29. The molecular formula is C21H28O2S. The Morgan fingerprint density at radius 3 is 1.54 bits per heavy atom.